The van der Waals surface area contributed by atoms with E-state index in [0.717, 1.165) is 0 Å². The van der Waals surface area contributed by atoms with E-state index in [4.69, 9.17) is 14.7 Å². The van der Waals surface area contributed by atoms with E-state index in [1.54, 1.807) is 21.1 Å². The number of Topliss-reactive ketones (excluding diaryl/α,β-unsaturated/α-hetero) is 1. The molecule has 9 nitrogen and oxygen atoms in total. The summed E-state index contributed by atoms with van der Waals surface area (Å²) < 4.78 is 25.8. The molecule has 0 bridgehead atoms. The van der Waals surface area contributed by atoms with Gasteiger partial charge >= 0.3 is 0 Å². The number of carbonyl (C=O) groups is 1. The molecule has 0 heterocycles. The molecule has 0 fully saturated rings. The predicted molar refractivity (Wildman–Crippen MR) is 71.3 cm³/mol. The lowest BCUT2D eigenvalue weighted by Crippen LogP contribution is -2.46. The highest BCUT2D eigenvalue weighted by atomic mass is 31.2. The quantitative estimate of drug-likeness (QED) is 0.334. The maximum atomic E-state index is 11.8. The van der Waals surface area contributed by atoms with Gasteiger partial charge in [0, 0.05) is 7.11 Å². The van der Waals surface area contributed by atoms with E-state index in [0.29, 0.717) is 4.48 Å². The minimum atomic E-state index is -4.79. The molecule has 0 saturated heterocycles. The van der Waals surface area contributed by atoms with Crippen molar-refractivity contribution in [2.75, 3.05) is 54.6 Å². The number of aliphatic hydroxyl groups is 2. The van der Waals surface area contributed by atoms with Gasteiger partial charge < -0.3 is 33.4 Å². The number of hydrogen-bond donors (Lipinski definition) is 2. The van der Waals surface area contributed by atoms with Crippen LogP contribution in [-0.4, -0.2) is 87.3 Å². The van der Waals surface area contributed by atoms with Crippen LogP contribution in [-0.2, 0) is 23.1 Å². The molecular formula is C11H24NO8P. The van der Waals surface area contributed by atoms with Crippen LogP contribution in [0.3, 0.4) is 0 Å². The predicted octanol–water partition coefficient (Wildman–Crippen LogP) is -1.87. The molecule has 2 N–H and O–H groups in total. The topological polar surface area (TPSA) is 125 Å². The van der Waals surface area contributed by atoms with Gasteiger partial charge in [0.2, 0.25) is 0 Å². The maximum absolute atomic E-state index is 11.8. The Morgan fingerprint density at radius 3 is 2.38 bits per heavy atom. The van der Waals surface area contributed by atoms with Gasteiger partial charge in [0.05, 0.1) is 34.4 Å². The van der Waals surface area contributed by atoms with Crippen molar-refractivity contribution in [3.05, 3.63) is 0 Å². The third kappa shape index (κ3) is 10.0. The van der Waals surface area contributed by atoms with Crippen LogP contribution >= 0.6 is 7.82 Å². The molecule has 3 atom stereocenters. The highest BCUT2D eigenvalue weighted by molar-refractivity contribution is 7.45. The zero-order chi connectivity index (χ0) is 16.7. The van der Waals surface area contributed by atoms with Gasteiger partial charge in [0.25, 0.3) is 7.82 Å². The van der Waals surface area contributed by atoms with E-state index in [9.17, 15) is 14.3 Å². The van der Waals surface area contributed by atoms with E-state index in [1.807, 2.05) is 0 Å². The number of carbonyl (C=O) groups excluding carboxylic acids is 1. The van der Waals surface area contributed by atoms with E-state index in [2.05, 4.69) is 9.26 Å². The minimum Gasteiger partial charge on any atom is -0.756 e. The van der Waals surface area contributed by atoms with Crippen molar-refractivity contribution < 1.29 is 42.7 Å². The third-order valence-corrected chi connectivity index (χ3v) is 3.23. The summed E-state index contributed by atoms with van der Waals surface area (Å²) in [6.45, 7) is -1.48. The maximum Gasteiger partial charge on any atom is 0.268 e. The SMILES string of the molecule is COCC(=O)C(C[N+](C)(C)C)OP(=O)([O-])OC[C@H](O)CO. The van der Waals surface area contributed by atoms with Gasteiger partial charge in [-0.15, -0.1) is 0 Å². The number of ketones is 1. The van der Waals surface area contributed by atoms with E-state index in [1.165, 1.54) is 7.11 Å². The summed E-state index contributed by atoms with van der Waals surface area (Å²) in [5, 5.41) is 17.6. The van der Waals surface area contributed by atoms with Crippen LogP contribution in [0.2, 0.25) is 0 Å². The van der Waals surface area contributed by atoms with Gasteiger partial charge in [-0.25, -0.2) is 0 Å². The highest BCUT2D eigenvalue weighted by Crippen LogP contribution is 2.40. The summed E-state index contributed by atoms with van der Waals surface area (Å²) in [7, 11) is 1.82. The number of rotatable bonds is 11. The summed E-state index contributed by atoms with van der Waals surface area (Å²) >= 11 is 0. The molecule has 0 amide bonds. The van der Waals surface area contributed by atoms with Crippen molar-refractivity contribution in [3.63, 3.8) is 0 Å². The fraction of sp³-hybridized carbons (Fsp3) is 0.909. The lowest BCUT2D eigenvalue weighted by molar-refractivity contribution is -0.872. The van der Waals surface area contributed by atoms with Crippen LogP contribution in [0, 0.1) is 0 Å². The second kappa shape index (κ2) is 8.92. The first-order valence-electron chi connectivity index (χ1n) is 6.25. The number of hydrogen-bond acceptors (Lipinski definition) is 8. The van der Waals surface area contributed by atoms with Crippen molar-refractivity contribution in [2.45, 2.75) is 12.2 Å². The minimum absolute atomic E-state index is 0.0976. The molecule has 10 heteroatoms. The lowest BCUT2D eigenvalue weighted by atomic mass is 10.2. The van der Waals surface area contributed by atoms with Crippen molar-refractivity contribution in [2.24, 2.45) is 0 Å². The zero-order valence-electron chi connectivity index (χ0n) is 12.7. The van der Waals surface area contributed by atoms with Crippen molar-refractivity contribution in [3.8, 4) is 0 Å². The summed E-state index contributed by atoms with van der Waals surface area (Å²) in [5.41, 5.74) is 0. The van der Waals surface area contributed by atoms with Gasteiger partial charge in [-0.2, -0.15) is 0 Å². The first-order chi connectivity index (χ1) is 9.50. The number of phosphoric ester groups is 1. The van der Waals surface area contributed by atoms with Crippen LogP contribution in [0.5, 0.6) is 0 Å². The van der Waals surface area contributed by atoms with Crippen LogP contribution in [0.25, 0.3) is 0 Å². The Labute approximate surface area is 124 Å². The molecule has 0 aliphatic carbocycles. The monoisotopic (exact) mass is 329 g/mol. The standard InChI is InChI=1S/C11H24NO8P/c1-12(2,3)5-11(10(15)8-18-4)20-21(16,17)19-7-9(14)6-13/h9,11,13-14H,5-8H2,1-4H3/t9-,11?/m1/s1. The molecule has 126 valence electrons. The molecular weight excluding hydrogens is 305 g/mol. The Balaban J connectivity index is 4.77. The van der Waals surface area contributed by atoms with Gasteiger partial charge in [-0.3, -0.25) is 9.36 Å². The highest BCUT2D eigenvalue weighted by Gasteiger charge is 2.30. The lowest BCUT2D eigenvalue weighted by Gasteiger charge is -2.32. The van der Waals surface area contributed by atoms with Crippen LogP contribution in [0.1, 0.15) is 0 Å². The molecule has 0 spiro atoms. The molecule has 0 aromatic rings. The Hall–Kier alpha value is -0.380. The normalized spacial score (nSPS) is 18.0. The van der Waals surface area contributed by atoms with Gasteiger partial charge in [0.15, 0.2) is 11.9 Å². The van der Waals surface area contributed by atoms with Gasteiger partial charge in [-0.1, -0.05) is 0 Å². The number of nitrogens with zero attached hydrogens (tertiary/aromatic N) is 1. The molecule has 0 aliphatic heterocycles. The van der Waals surface area contributed by atoms with Crippen LogP contribution in [0.15, 0.2) is 0 Å². The van der Waals surface area contributed by atoms with Crippen LogP contribution < -0.4 is 4.89 Å². The molecule has 0 rings (SSSR count). The Morgan fingerprint density at radius 1 is 1.38 bits per heavy atom. The fourth-order valence-corrected chi connectivity index (χ4v) is 2.25. The second-order valence-corrected chi connectivity index (χ2v) is 6.91. The largest absolute Gasteiger partial charge is 0.756 e. The van der Waals surface area contributed by atoms with Crippen molar-refractivity contribution >= 4 is 13.6 Å². The van der Waals surface area contributed by atoms with Gasteiger partial charge in [-0.05, 0) is 0 Å². The first-order valence-corrected chi connectivity index (χ1v) is 7.72. The van der Waals surface area contributed by atoms with E-state index >= 15 is 0 Å². The number of aliphatic hydroxyl groups excluding tert-OH is 2. The Bertz CT molecular complexity index is 370. The third-order valence-electron chi connectivity index (χ3n) is 2.25. The summed E-state index contributed by atoms with van der Waals surface area (Å²) in [5.74, 6) is -0.534. The van der Waals surface area contributed by atoms with Crippen molar-refractivity contribution in [1.29, 1.82) is 0 Å². The number of likely N-dealkylation sites (N-methyl/N-ethyl adjacent to an activating group) is 1. The average molecular weight is 329 g/mol. The Kier molecular flexibility index (Phi) is 8.76. The molecule has 21 heavy (non-hydrogen) atoms. The molecule has 0 radical (unpaired) electrons. The van der Waals surface area contributed by atoms with E-state index in [-0.39, 0.29) is 13.2 Å². The summed E-state index contributed by atoms with van der Waals surface area (Å²) in [4.78, 5) is 23.5. The number of quaternary nitrogens is 1. The molecule has 2 unspecified atom stereocenters. The summed E-state index contributed by atoms with van der Waals surface area (Å²) in [6.07, 6.45) is -2.60. The second-order valence-electron chi connectivity index (χ2n) is 5.55. The van der Waals surface area contributed by atoms with Crippen LogP contribution in [0.4, 0.5) is 0 Å². The number of phosphoric acid groups is 1. The number of methoxy groups -OCH3 is 1. The first kappa shape index (κ1) is 20.6. The molecule has 0 aliphatic rings. The molecule has 0 aromatic carbocycles. The zero-order valence-corrected chi connectivity index (χ0v) is 13.6. The van der Waals surface area contributed by atoms with Gasteiger partial charge in [0.1, 0.15) is 19.3 Å². The molecule has 0 aromatic heterocycles. The molecule has 0 saturated carbocycles. The average Bonchev–Trinajstić information content (AvgIpc) is 2.33. The Morgan fingerprint density at radius 2 is 1.95 bits per heavy atom. The summed E-state index contributed by atoms with van der Waals surface area (Å²) in [6, 6.07) is 0. The van der Waals surface area contributed by atoms with Crippen molar-refractivity contribution in [1.82, 2.24) is 0 Å². The van der Waals surface area contributed by atoms with E-state index < -0.39 is 39.0 Å². The smallest absolute Gasteiger partial charge is 0.268 e. The number of ether oxygens (including phenoxy) is 1. The fourth-order valence-electron chi connectivity index (χ4n) is 1.34.